The van der Waals surface area contributed by atoms with Gasteiger partial charge in [-0.3, -0.25) is 9.69 Å². The van der Waals surface area contributed by atoms with E-state index < -0.39 is 11.7 Å². The highest BCUT2D eigenvalue weighted by molar-refractivity contribution is 14.1. The molecule has 1 unspecified atom stereocenters. The Morgan fingerprint density at radius 3 is 2.63 bits per heavy atom. The number of nitrogens with zero attached hydrogens (tertiary/aromatic N) is 3. The van der Waals surface area contributed by atoms with Gasteiger partial charge in [-0.05, 0) is 33.9 Å². The smallest absolute Gasteiger partial charge is 0.282 e. The molecule has 1 aliphatic rings. The van der Waals surface area contributed by atoms with Crippen LogP contribution in [0.25, 0.3) is 0 Å². The van der Waals surface area contributed by atoms with Crippen molar-refractivity contribution < 1.29 is 9.18 Å². The zero-order valence-electron chi connectivity index (χ0n) is 12.1. The average molecular weight is 383 g/mol. The van der Waals surface area contributed by atoms with E-state index in [2.05, 4.69) is 48.5 Å². The quantitative estimate of drug-likeness (QED) is 0.423. The van der Waals surface area contributed by atoms with Crippen LogP contribution in [0.5, 0.6) is 0 Å². The van der Waals surface area contributed by atoms with Crippen LogP contribution in [-0.4, -0.2) is 64.1 Å². The lowest BCUT2D eigenvalue weighted by atomic mass is 10.1. The van der Waals surface area contributed by atoms with E-state index in [0.29, 0.717) is 25.7 Å². The monoisotopic (exact) mass is 383 g/mol. The SMILES string of the molecule is CC(C)N1CCN(C(=O)/C(F)=C/CN(C)I)CC1C. The number of hydrogen-bond acceptors (Lipinski definition) is 3. The highest BCUT2D eigenvalue weighted by atomic mass is 127. The van der Waals surface area contributed by atoms with Crippen molar-refractivity contribution >= 4 is 28.8 Å². The molecule has 6 heteroatoms. The van der Waals surface area contributed by atoms with Crippen LogP contribution in [0, 0.1) is 0 Å². The van der Waals surface area contributed by atoms with Crippen molar-refractivity contribution in [3.63, 3.8) is 0 Å². The van der Waals surface area contributed by atoms with Crippen molar-refractivity contribution in [1.82, 2.24) is 12.9 Å². The zero-order chi connectivity index (χ0) is 14.6. The molecule has 1 heterocycles. The van der Waals surface area contributed by atoms with E-state index in [-0.39, 0.29) is 6.04 Å². The number of likely N-dealkylation sites (N-methyl/N-ethyl adjacent to an activating group) is 1. The van der Waals surface area contributed by atoms with Crippen LogP contribution < -0.4 is 0 Å². The van der Waals surface area contributed by atoms with Gasteiger partial charge in [-0.1, -0.05) is 0 Å². The molecule has 1 atom stereocenters. The summed E-state index contributed by atoms with van der Waals surface area (Å²) in [6, 6.07) is 0.734. The van der Waals surface area contributed by atoms with Crippen LogP contribution in [-0.2, 0) is 4.79 Å². The number of piperazine rings is 1. The molecule has 0 spiro atoms. The summed E-state index contributed by atoms with van der Waals surface area (Å²) in [4.78, 5) is 15.9. The van der Waals surface area contributed by atoms with Gasteiger partial charge in [-0.25, -0.2) is 7.50 Å². The maximum absolute atomic E-state index is 13.8. The first-order chi connectivity index (χ1) is 8.82. The Morgan fingerprint density at radius 2 is 2.16 bits per heavy atom. The van der Waals surface area contributed by atoms with E-state index in [1.807, 2.05) is 7.05 Å². The van der Waals surface area contributed by atoms with Crippen LogP contribution in [0.15, 0.2) is 11.9 Å². The first kappa shape index (κ1) is 16.8. The van der Waals surface area contributed by atoms with Crippen LogP contribution in [0.2, 0.25) is 0 Å². The van der Waals surface area contributed by atoms with Gasteiger partial charge in [0.15, 0.2) is 5.83 Å². The average Bonchev–Trinajstić information content (AvgIpc) is 2.34. The van der Waals surface area contributed by atoms with Crippen LogP contribution in [0.3, 0.4) is 0 Å². The molecule has 0 aromatic carbocycles. The Bertz CT molecular complexity index is 347. The first-order valence-electron chi connectivity index (χ1n) is 6.60. The summed E-state index contributed by atoms with van der Waals surface area (Å²) in [5.74, 6) is -1.12. The van der Waals surface area contributed by atoms with E-state index >= 15 is 0 Å². The lowest BCUT2D eigenvalue weighted by Crippen LogP contribution is -2.55. The lowest BCUT2D eigenvalue weighted by Gasteiger charge is -2.41. The molecule has 4 nitrogen and oxygen atoms in total. The second kappa shape index (κ2) is 7.54. The van der Waals surface area contributed by atoms with E-state index in [1.165, 1.54) is 6.08 Å². The zero-order valence-corrected chi connectivity index (χ0v) is 14.2. The summed E-state index contributed by atoms with van der Waals surface area (Å²) in [6.07, 6.45) is 1.34. The largest absolute Gasteiger partial charge is 0.334 e. The summed E-state index contributed by atoms with van der Waals surface area (Å²) in [6.45, 7) is 8.81. The molecule has 0 saturated carbocycles. The fourth-order valence-corrected chi connectivity index (χ4v) is 2.56. The van der Waals surface area contributed by atoms with Crippen LogP contribution >= 0.6 is 22.9 Å². The molecular weight excluding hydrogens is 360 g/mol. The predicted molar refractivity (Wildman–Crippen MR) is 83.7 cm³/mol. The van der Waals surface area contributed by atoms with Gasteiger partial charge in [0.05, 0.1) is 0 Å². The van der Waals surface area contributed by atoms with Crippen molar-refractivity contribution in [2.75, 3.05) is 33.2 Å². The molecule has 19 heavy (non-hydrogen) atoms. The van der Waals surface area contributed by atoms with Gasteiger partial charge in [-0.15, -0.1) is 0 Å². The maximum atomic E-state index is 13.8. The van der Waals surface area contributed by atoms with E-state index in [1.54, 1.807) is 8.01 Å². The molecule has 110 valence electrons. The van der Waals surface area contributed by atoms with Crippen molar-refractivity contribution in [3.8, 4) is 0 Å². The van der Waals surface area contributed by atoms with E-state index in [9.17, 15) is 9.18 Å². The number of carbonyl (C=O) groups excluding carboxylic acids is 1. The number of halogens is 2. The summed E-state index contributed by atoms with van der Waals surface area (Å²) < 4.78 is 15.5. The fourth-order valence-electron chi connectivity index (χ4n) is 2.37. The van der Waals surface area contributed by atoms with Gasteiger partial charge in [0.2, 0.25) is 0 Å². The van der Waals surface area contributed by atoms with Gasteiger partial charge in [-0.2, -0.15) is 0 Å². The molecule has 0 N–H and O–H groups in total. The highest BCUT2D eigenvalue weighted by Gasteiger charge is 2.29. The molecule has 0 radical (unpaired) electrons. The Kier molecular flexibility index (Phi) is 6.68. The molecule has 1 aliphatic heterocycles. The minimum absolute atomic E-state index is 0.276. The van der Waals surface area contributed by atoms with Gasteiger partial charge in [0.1, 0.15) is 0 Å². The molecule has 0 aromatic rings. The van der Waals surface area contributed by atoms with Gasteiger partial charge < -0.3 is 4.90 Å². The normalized spacial score (nSPS) is 22.4. The third kappa shape index (κ3) is 5.00. The first-order valence-corrected chi connectivity index (χ1v) is 7.57. The minimum Gasteiger partial charge on any atom is -0.334 e. The Hall–Kier alpha value is -0.210. The number of hydrogen-bond donors (Lipinski definition) is 0. The molecule has 1 saturated heterocycles. The molecule has 1 rings (SSSR count). The van der Waals surface area contributed by atoms with Gasteiger partial charge in [0.25, 0.3) is 5.91 Å². The summed E-state index contributed by atoms with van der Waals surface area (Å²) in [5, 5.41) is 0. The lowest BCUT2D eigenvalue weighted by molar-refractivity contribution is -0.131. The fraction of sp³-hybridized carbons (Fsp3) is 0.769. The number of amides is 1. The summed E-state index contributed by atoms with van der Waals surface area (Å²) in [7, 11) is 1.83. The topological polar surface area (TPSA) is 26.8 Å². The highest BCUT2D eigenvalue weighted by Crippen LogP contribution is 2.15. The predicted octanol–water partition coefficient (Wildman–Crippen LogP) is 2.06. The van der Waals surface area contributed by atoms with Crippen molar-refractivity contribution in [1.29, 1.82) is 0 Å². The molecule has 0 bridgehead atoms. The standard InChI is InChI=1S/C13H23FIN3O/c1-10(2)18-8-7-17(9-11(18)3)13(19)12(14)5-6-16(4)15/h5,10-11H,6-9H2,1-4H3/b12-5-. The maximum Gasteiger partial charge on any atom is 0.282 e. The van der Waals surface area contributed by atoms with Crippen molar-refractivity contribution in [2.24, 2.45) is 0 Å². The van der Waals surface area contributed by atoms with Gasteiger partial charge in [0, 0.05) is 61.1 Å². The van der Waals surface area contributed by atoms with Crippen molar-refractivity contribution in [2.45, 2.75) is 32.9 Å². The Balaban J connectivity index is 2.58. The summed E-state index contributed by atoms with van der Waals surface area (Å²) >= 11 is 2.06. The summed E-state index contributed by atoms with van der Waals surface area (Å²) in [5.41, 5.74) is 0. The third-order valence-electron chi connectivity index (χ3n) is 3.36. The molecule has 1 amide bonds. The number of carbonyl (C=O) groups is 1. The third-order valence-corrected chi connectivity index (χ3v) is 3.75. The molecular formula is C13H23FIN3O. The second-order valence-corrected chi connectivity index (χ2v) is 6.92. The minimum atomic E-state index is -0.645. The van der Waals surface area contributed by atoms with E-state index in [4.69, 9.17) is 0 Å². The number of rotatable bonds is 4. The van der Waals surface area contributed by atoms with Crippen molar-refractivity contribution in [3.05, 3.63) is 11.9 Å². The second-order valence-electron chi connectivity index (χ2n) is 5.27. The van der Waals surface area contributed by atoms with Crippen LogP contribution in [0.1, 0.15) is 20.8 Å². The Morgan fingerprint density at radius 1 is 1.53 bits per heavy atom. The molecule has 0 aliphatic carbocycles. The molecule has 0 aromatic heterocycles. The van der Waals surface area contributed by atoms with E-state index in [0.717, 1.165) is 6.54 Å². The van der Waals surface area contributed by atoms with Crippen LogP contribution in [0.4, 0.5) is 4.39 Å². The van der Waals surface area contributed by atoms with Gasteiger partial charge >= 0.3 is 0 Å². The Labute approximate surface area is 129 Å². The molecule has 1 fully saturated rings.